The fourth-order valence-electron chi connectivity index (χ4n) is 5.03. The van der Waals surface area contributed by atoms with Gasteiger partial charge in [-0.25, -0.2) is 0 Å². The van der Waals surface area contributed by atoms with Crippen LogP contribution in [0.2, 0.25) is 0 Å². The SMILES string of the molecule is Cc1c(C)c(-c2cccc(-c3ccccc3)c2)[c-](C[Si](c2ccccc2)c2ccccc2)c1C.[Cl-].[Cl-].[Cl-].[Ti+4]. The van der Waals surface area contributed by atoms with Gasteiger partial charge in [0.15, 0.2) is 0 Å². The zero-order valence-corrected chi connectivity index (χ0v) is 26.6. The van der Waals surface area contributed by atoms with E-state index in [1.807, 2.05) is 0 Å². The van der Waals surface area contributed by atoms with E-state index < -0.39 is 8.80 Å². The second-order valence-corrected chi connectivity index (χ2v) is 11.5. The van der Waals surface area contributed by atoms with Crippen molar-refractivity contribution in [3.8, 4) is 22.3 Å². The van der Waals surface area contributed by atoms with Crippen LogP contribution < -0.4 is 47.6 Å². The van der Waals surface area contributed by atoms with Gasteiger partial charge in [-0.2, -0.15) is 11.1 Å². The standard InChI is InChI=1S/C33H30Si.3ClH.Ti/c1-24-25(2)32(23-34(30-18-9-5-10-19-30)31-20-11-6-12-21-31)33(26(24)3)29-17-13-16-28(22-29)27-14-7-4-8-15-27;;;;/h4-22H,23H2,1-3H3;3*1H;/q-1;;;;+4/p-3. The summed E-state index contributed by atoms with van der Waals surface area (Å²) in [6.45, 7) is 6.90. The molecule has 0 unspecified atom stereocenters. The molecule has 0 bridgehead atoms. The average Bonchev–Trinajstić information content (AvgIpc) is 3.12. The fraction of sp³-hybridized carbons (Fsp3) is 0.121. The molecule has 5 heteroatoms. The molecule has 0 spiro atoms. The number of rotatable bonds is 6. The maximum Gasteiger partial charge on any atom is 4.00 e. The normalized spacial score (nSPS) is 10.0. The van der Waals surface area contributed by atoms with Crippen LogP contribution in [0.25, 0.3) is 22.3 Å². The summed E-state index contributed by atoms with van der Waals surface area (Å²) in [4.78, 5) is 0. The van der Waals surface area contributed by atoms with Gasteiger partial charge < -0.3 is 37.2 Å². The summed E-state index contributed by atoms with van der Waals surface area (Å²) in [7, 11) is -0.968. The Labute approximate surface area is 263 Å². The first-order valence-electron chi connectivity index (χ1n) is 12.0. The quantitative estimate of drug-likeness (QED) is 0.156. The minimum Gasteiger partial charge on any atom is -1.00 e. The molecule has 0 saturated heterocycles. The molecular formula is C33H30Cl3SiTi. The third-order valence-electron chi connectivity index (χ3n) is 7.11. The zero-order chi connectivity index (χ0) is 23.5. The van der Waals surface area contributed by atoms with Crippen LogP contribution in [-0.4, -0.2) is 8.80 Å². The molecule has 5 aromatic rings. The van der Waals surface area contributed by atoms with Gasteiger partial charge in [0.1, 0.15) is 8.80 Å². The molecule has 0 heterocycles. The van der Waals surface area contributed by atoms with Gasteiger partial charge in [0, 0.05) is 0 Å². The smallest absolute Gasteiger partial charge is 1.00 e. The van der Waals surface area contributed by atoms with Crippen molar-refractivity contribution in [1.82, 2.24) is 0 Å². The Morgan fingerprint density at radius 3 is 1.50 bits per heavy atom. The molecule has 0 aliphatic heterocycles. The van der Waals surface area contributed by atoms with Gasteiger partial charge in [-0.1, -0.05) is 158 Å². The molecule has 0 fully saturated rings. The van der Waals surface area contributed by atoms with E-state index in [0.29, 0.717) is 0 Å². The predicted octanol–water partition coefficient (Wildman–Crippen LogP) is -1.93. The Morgan fingerprint density at radius 1 is 0.526 bits per heavy atom. The largest absolute Gasteiger partial charge is 4.00 e. The van der Waals surface area contributed by atoms with E-state index in [-0.39, 0.29) is 58.9 Å². The maximum atomic E-state index is 2.37. The zero-order valence-electron chi connectivity index (χ0n) is 21.8. The van der Waals surface area contributed by atoms with Crippen molar-refractivity contribution < 1.29 is 58.9 Å². The number of halogens is 3. The van der Waals surface area contributed by atoms with E-state index in [0.717, 1.165) is 6.04 Å². The number of hydrogen-bond acceptors (Lipinski definition) is 0. The molecule has 38 heavy (non-hydrogen) atoms. The molecule has 0 aliphatic carbocycles. The van der Waals surface area contributed by atoms with Gasteiger partial charge in [-0.3, -0.25) is 0 Å². The monoisotopic (exact) mass is 607 g/mol. The number of benzene rings is 4. The average molecular weight is 609 g/mol. The summed E-state index contributed by atoms with van der Waals surface area (Å²) < 4.78 is 0. The maximum absolute atomic E-state index is 2.37. The van der Waals surface area contributed by atoms with Crippen LogP contribution in [0.5, 0.6) is 0 Å². The van der Waals surface area contributed by atoms with Gasteiger partial charge in [0.2, 0.25) is 0 Å². The van der Waals surface area contributed by atoms with Crippen LogP contribution in [0.4, 0.5) is 0 Å². The van der Waals surface area contributed by atoms with Crippen molar-refractivity contribution >= 4 is 19.2 Å². The van der Waals surface area contributed by atoms with Crippen LogP contribution in [0.3, 0.4) is 0 Å². The van der Waals surface area contributed by atoms with Gasteiger partial charge in [0.25, 0.3) is 0 Å². The molecule has 0 nitrogen and oxygen atoms in total. The second-order valence-electron chi connectivity index (χ2n) is 9.06. The molecule has 0 N–H and O–H groups in total. The third kappa shape index (κ3) is 7.16. The minimum atomic E-state index is -0.968. The van der Waals surface area contributed by atoms with Crippen LogP contribution in [0.15, 0.2) is 115 Å². The summed E-state index contributed by atoms with van der Waals surface area (Å²) in [6.07, 6.45) is 0. The first-order chi connectivity index (χ1) is 16.6. The number of hydrogen-bond donors (Lipinski definition) is 0. The van der Waals surface area contributed by atoms with Crippen molar-refractivity contribution in [3.63, 3.8) is 0 Å². The Kier molecular flexibility index (Phi) is 14.0. The first-order valence-corrected chi connectivity index (χ1v) is 13.7. The van der Waals surface area contributed by atoms with Crippen molar-refractivity contribution in [2.45, 2.75) is 26.8 Å². The molecule has 5 aromatic carbocycles. The van der Waals surface area contributed by atoms with Crippen molar-refractivity contribution in [3.05, 3.63) is 138 Å². The van der Waals surface area contributed by atoms with Gasteiger partial charge in [0.05, 0.1) is 0 Å². The molecule has 0 saturated carbocycles. The van der Waals surface area contributed by atoms with E-state index in [9.17, 15) is 0 Å². The van der Waals surface area contributed by atoms with Crippen LogP contribution >= 0.6 is 0 Å². The van der Waals surface area contributed by atoms with E-state index in [2.05, 4.69) is 136 Å². The molecule has 1 radical (unpaired) electrons. The Hall–Kier alpha value is -1.97. The summed E-state index contributed by atoms with van der Waals surface area (Å²) in [5.74, 6) is 0. The second kappa shape index (κ2) is 15.6. The molecule has 0 atom stereocenters. The molecule has 0 aromatic heterocycles. The molecule has 5 rings (SSSR count). The Balaban J connectivity index is 0.00000180. The summed E-state index contributed by atoms with van der Waals surface area (Å²) in [6, 6.07) is 43.1. The Morgan fingerprint density at radius 2 is 0.974 bits per heavy atom. The first kappa shape index (κ1) is 34.1. The molecular weight excluding hydrogens is 579 g/mol. The van der Waals surface area contributed by atoms with E-state index in [1.54, 1.807) is 0 Å². The summed E-state index contributed by atoms with van der Waals surface area (Å²) >= 11 is 0. The van der Waals surface area contributed by atoms with Crippen molar-refractivity contribution in [2.75, 3.05) is 0 Å². The van der Waals surface area contributed by atoms with Gasteiger partial charge in [-0.15, -0.1) is 16.7 Å². The van der Waals surface area contributed by atoms with E-state index in [4.69, 9.17) is 0 Å². The van der Waals surface area contributed by atoms with Crippen LogP contribution in [0.1, 0.15) is 22.3 Å². The third-order valence-corrected chi connectivity index (χ3v) is 9.88. The fourth-order valence-corrected chi connectivity index (χ4v) is 7.76. The van der Waals surface area contributed by atoms with E-state index in [1.165, 1.54) is 54.9 Å². The molecule has 191 valence electrons. The molecule has 0 aliphatic rings. The van der Waals surface area contributed by atoms with Crippen LogP contribution in [-0.2, 0) is 27.8 Å². The van der Waals surface area contributed by atoms with Gasteiger partial charge in [-0.05, 0) is 11.1 Å². The predicted molar refractivity (Wildman–Crippen MR) is 149 cm³/mol. The summed E-state index contributed by atoms with van der Waals surface area (Å²) in [5.41, 5.74) is 11.1. The van der Waals surface area contributed by atoms with Crippen molar-refractivity contribution in [1.29, 1.82) is 0 Å². The van der Waals surface area contributed by atoms with Crippen LogP contribution in [0, 0.1) is 20.8 Å². The molecule has 0 amide bonds. The van der Waals surface area contributed by atoms with Gasteiger partial charge >= 0.3 is 21.7 Å². The minimum absolute atomic E-state index is 0. The van der Waals surface area contributed by atoms with E-state index >= 15 is 0 Å². The summed E-state index contributed by atoms with van der Waals surface area (Å²) in [5, 5.41) is 2.94. The Bertz CT molecular complexity index is 1360. The van der Waals surface area contributed by atoms with Crippen molar-refractivity contribution in [2.24, 2.45) is 0 Å². The topological polar surface area (TPSA) is 0 Å².